The van der Waals surface area contributed by atoms with Gasteiger partial charge in [-0.2, -0.15) is 4.98 Å². The molecule has 0 saturated heterocycles. The van der Waals surface area contributed by atoms with Crippen LogP contribution in [-0.4, -0.2) is 45.4 Å². The van der Waals surface area contributed by atoms with Gasteiger partial charge in [0.1, 0.15) is 35.4 Å². The van der Waals surface area contributed by atoms with Crippen LogP contribution in [-0.2, 0) is 4.74 Å². The molecule has 0 amide bonds. The largest absolute Gasteiger partial charge is 0.489 e. The van der Waals surface area contributed by atoms with Gasteiger partial charge >= 0.3 is 0 Å². The summed E-state index contributed by atoms with van der Waals surface area (Å²) in [6.45, 7) is 2.41. The Morgan fingerprint density at radius 3 is 2.58 bits per heavy atom. The number of nitrogens with zero attached hydrogens (tertiary/aromatic N) is 5. The van der Waals surface area contributed by atoms with E-state index in [1.54, 1.807) is 20.1 Å². The zero-order valence-electron chi connectivity index (χ0n) is 16.7. The van der Waals surface area contributed by atoms with Gasteiger partial charge < -0.3 is 14.0 Å². The van der Waals surface area contributed by atoms with Crippen LogP contribution in [0.3, 0.4) is 0 Å². The van der Waals surface area contributed by atoms with Gasteiger partial charge in [0.2, 0.25) is 5.82 Å². The molecule has 8 nitrogen and oxygen atoms in total. The molecule has 0 atom stereocenters. The third-order valence-corrected chi connectivity index (χ3v) is 4.29. The Morgan fingerprint density at radius 1 is 0.968 bits per heavy atom. The van der Waals surface area contributed by atoms with E-state index in [9.17, 15) is 8.78 Å². The van der Waals surface area contributed by atoms with Crippen molar-refractivity contribution in [2.45, 2.75) is 6.92 Å². The van der Waals surface area contributed by atoms with E-state index in [2.05, 4.69) is 25.1 Å². The van der Waals surface area contributed by atoms with E-state index in [-0.39, 0.29) is 18.3 Å². The van der Waals surface area contributed by atoms with Crippen molar-refractivity contribution in [3.8, 4) is 40.0 Å². The van der Waals surface area contributed by atoms with Crippen LogP contribution in [0, 0.1) is 18.6 Å². The second kappa shape index (κ2) is 8.92. The van der Waals surface area contributed by atoms with Crippen molar-refractivity contribution in [1.82, 2.24) is 25.1 Å². The van der Waals surface area contributed by atoms with E-state index in [1.807, 2.05) is 0 Å². The molecule has 0 aliphatic heterocycles. The highest BCUT2D eigenvalue weighted by Gasteiger charge is 2.19. The molecule has 10 heteroatoms. The van der Waals surface area contributed by atoms with Crippen LogP contribution < -0.4 is 4.74 Å². The SMILES string of the molecule is COCCOc1c(-c2cncc(F)c2)cc(-c2nc(-c3ccc(F)cn3)no2)nc1C. The van der Waals surface area contributed by atoms with Crippen molar-refractivity contribution in [3.05, 3.63) is 60.2 Å². The standard InChI is InChI=1S/C21H17F2N5O3/c1-12-19(30-6-5-29-2)16(13-7-15(23)10-24-9-13)8-18(26-12)21-27-20(28-31-21)17-4-3-14(22)11-25-17/h3-4,7-11H,5-6H2,1-2H3. The number of ether oxygens (including phenoxy) is 2. The molecule has 0 fully saturated rings. The van der Waals surface area contributed by atoms with Crippen molar-refractivity contribution in [1.29, 1.82) is 0 Å². The van der Waals surface area contributed by atoms with Crippen molar-refractivity contribution in [2.75, 3.05) is 20.3 Å². The minimum Gasteiger partial charge on any atom is -0.489 e. The van der Waals surface area contributed by atoms with E-state index < -0.39 is 11.6 Å². The summed E-state index contributed by atoms with van der Waals surface area (Å²) in [5, 5.41) is 3.89. The Bertz CT molecular complexity index is 1200. The number of rotatable bonds is 7. The van der Waals surface area contributed by atoms with Crippen LogP contribution in [0.5, 0.6) is 5.75 Å². The summed E-state index contributed by atoms with van der Waals surface area (Å²) >= 11 is 0. The quantitative estimate of drug-likeness (QED) is 0.412. The second-order valence-electron chi connectivity index (χ2n) is 6.49. The molecule has 0 saturated carbocycles. The van der Waals surface area contributed by atoms with Gasteiger partial charge in [0.15, 0.2) is 0 Å². The normalized spacial score (nSPS) is 11.0. The summed E-state index contributed by atoms with van der Waals surface area (Å²) in [6.07, 6.45) is 3.70. The first-order chi connectivity index (χ1) is 15.0. The van der Waals surface area contributed by atoms with E-state index in [0.29, 0.717) is 40.6 Å². The molecule has 158 valence electrons. The highest BCUT2D eigenvalue weighted by Crippen LogP contribution is 2.35. The fraction of sp³-hybridized carbons (Fsp3) is 0.190. The third-order valence-electron chi connectivity index (χ3n) is 4.29. The molecular formula is C21H17F2N5O3. The fourth-order valence-electron chi connectivity index (χ4n) is 2.89. The van der Waals surface area contributed by atoms with Gasteiger partial charge in [-0.1, -0.05) is 5.16 Å². The predicted octanol–water partition coefficient (Wildman–Crippen LogP) is 3.87. The van der Waals surface area contributed by atoms with Crippen molar-refractivity contribution in [3.63, 3.8) is 0 Å². The number of pyridine rings is 3. The summed E-state index contributed by atoms with van der Waals surface area (Å²) in [5.74, 6) is -0.184. The predicted molar refractivity (Wildman–Crippen MR) is 106 cm³/mol. The molecule has 0 aliphatic rings. The molecule has 4 rings (SSSR count). The first kappa shape index (κ1) is 20.5. The van der Waals surface area contributed by atoms with E-state index >= 15 is 0 Å². The van der Waals surface area contributed by atoms with Crippen LogP contribution in [0.15, 0.2) is 47.4 Å². The lowest BCUT2D eigenvalue weighted by Gasteiger charge is -2.14. The van der Waals surface area contributed by atoms with Crippen molar-refractivity contribution < 1.29 is 22.8 Å². The summed E-state index contributed by atoms with van der Waals surface area (Å²) in [7, 11) is 1.57. The van der Waals surface area contributed by atoms with Gasteiger partial charge in [0.25, 0.3) is 5.89 Å². The molecule has 0 aromatic carbocycles. The number of hydrogen-bond acceptors (Lipinski definition) is 8. The third kappa shape index (κ3) is 4.53. The van der Waals surface area contributed by atoms with E-state index in [0.717, 1.165) is 12.4 Å². The maximum atomic E-state index is 13.8. The fourth-order valence-corrected chi connectivity index (χ4v) is 2.89. The van der Waals surface area contributed by atoms with Gasteiger partial charge in [0.05, 0.1) is 24.7 Å². The minimum absolute atomic E-state index is 0.123. The molecule has 0 bridgehead atoms. The first-order valence-corrected chi connectivity index (χ1v) is 9.25. The maximum Gasteiger partial charge on any atom is 0.276 e. The topological polar surface area (TPSA) is 96.1 Å². The molecule has 0 N–H and O–H groups in total. The molecule has 31 heavy (non-hydrogen) atoms. The number of aryl methyl sites for hydroxylation is 1. The smallest absolute Gasteiger partial charge is 0.276 e. The van der Waals surface area contributed by atoms with Crippen molar-refractivity contribution in [2.24, 2.45) is 0 Å². The van der Waals surface area contributed by atoms with Gasteiger partial charge in [-0.25, -0.2) is 18.7 Å². The molecule has 4 aromatic rings. The molecule has 0 radical (unpaired) electrons. The molecule has 4 aromatic heterocycles. The van der Waals surface area contributed by atoms with E-state index in [4.69, 9.17) is 14.0 Å². The molecule has 0 spiro atoms. The maximum absolute atomic E-state index is 13.8. The number of halogens is 2. The number of methoxy groups -OCH3 is 1. The Balaban J connectivity index is 1.76. The lowest BCUT2D eigenvalue weighted by molar-refractivity contribution is 0.146. The van der Waals surface area contributed by atoms with Crippen LogP contribution >= 0.6 is 0 Å². The minimum atomic E-state index is -0.487. The zero-order chi connectivity index (χ0) is 21.8. The Morgan fingerprint density at radius 2 is 1.84 bits per heavy atom. The van der Waals surface area contributed by atoms with Crippen molar-refractivity contribution >= 4 is 0 Å². The van der Waals surface area contributed by atoms with Crippen LogP contribution in [0.2, 0.25) is 0 Å². The van der Waals surface area contributed by atoms with Crippen LogP contribution in [0.1, 0.15) is 5.69 Å². The highest BCUT2D eigenvalue weighted by atomic mass is 19.1. The number of aromatic nitrogens is 5. The molecule has 4 heterocycles. The highest BCUT2D eigenvalue weighted by molar-refractivity contribution is 5.74. The average molecular weight is 425 g/mol. The second-order valence-corrected chi connectivity index (χ2v) is 6.49. The van der Waals surface area contributed by atoms with Gasteiger partial charge in [0, 0.05) is 24.4 Å². The number of hydrogen-bond donors (Lipinski definition) is 0. The monoisotopic (exact) mass is 425 g/mol. The molecule has 0 aliphatic carbocycles. The summed E-state index contributed by atoms with van der Waals surface area (Å²) in [4.78, 5) is 16.7. The zero-order valence-corrected chi connectivity index (χ0v) is 16.7. The van der Waals surface area contributed by atoms with Gasteiger partial charge in [-0.15, -0.1) is 0 Å². The molecule has 0 unspecified atom stereocenters. The summed E-state index contributed by atoms with van der Waals surface area (Å²) < 4.78 is 43.1. The van der Waals surface area contributed by atoms with E-state index in [1.165, 1.54) is 24.4 Å². The van der Waals surface area contributed by atoms with Gasteiger partial charge in [-0.3, -0.25) is 4.98 Å². The lowest BCUT2D eigenvalue weighted by Crippen LogP contribution is -2.07. The van der Waals surface area contributed by atoms with Crippen LogP contribution in [0.25, 0.3) is 34.2 Å². The Hall–Kier alpha value is -3.79. The van der Waals surface area contributed by atoms with Gasteiger partial charge in [-0.05, 0) is 31.2 Å². The summed E-state index contributed by atoms with van der Waals surface area (Å²) in [6, 6.07) is 5.69. The van der Waals surface area contributed by atoms with Crippen LogP contribution in [0.4, 0.5) is 8.78 Å². The Kier molecular flexibility index (Phi) is 5.89. The average Bonchev–Trinajstić information content (AvgIpc) is 3.25. The molecular weight excluding hydrogens is 408 g/mol. The summed E-state index contributed by atoms with van der Waals surface area (Å²) in [5.41, 5.74) is 2.30. The first-order valence-electron chi connectivity index (χ1n) is 9.25. The Labute approximate surface area is 175 Å². The lowest BCUT2D eigenvalue weighted by atomic mass is 10.0.